The Morgan fingerprint density at radius 2 is 2.11 bits per heavy atom. The molecule has 1 rings (SSSR count). The van der Waals surface area contributed by atoms with E-state index in [-0.39, 0.29) is 5.75 Å². The van der Waals surface area contributed by atoms with Crippen molar-refractivity contribution in [1.29, 1.82) is 0 Å². The highest BCUT2D eigenvalue weighted by Crippen LogP contribution is 2.34. The van der Waals surface area contributed by atoms with Crippen LogP contribution in [0.2, 0.25) is 0 Å². The van der Waals surface area contributed by atoms with Crippen molar-refractivity contribution in [3.63, 3.8) is 0 Å². The van der Waals surface area contributed by atoms with E-state index < -0.39 is 23.8 Å². The van der Waals surface area contributed by atoms with Gasteiger partial charge in [0.15, 0.2) is 0 Å². The molecule has 18 heavy (non-hydrogen) atoms. The molecule has 0 heterocycles. The lowest BCUT2D eigenvalue weighted by Gasteiger charge is -2.18. The minimum Gasteiger partial charge on any atom is -0.481 e. The highest BCUT2D eigenvalue weighted by Gasteiger charge is 2.41. The molecule has 1 unspecified atom stereocenters. The van der Waals surface area contributed by atoms with Gasteiger partial charge in [0.1, 0.15) is 5.25 Å². The number of hydrogen-bond acceptors (Lipinski definition) is 2. The normalized spacial score (nSPS) is 13.3. The van der Waals surface area contributed by atoms with Crippen LogP contribution in [0.5, 0.6) is 0 Å². The summed E-state index contributed by atoms with van der Waals surface area (Å²) in [6.07, 6.45) is -5.40. The maximum absolute atomic E-state index is 12.6. The van der Waals surface area contributed by atoms with Crippen molar-refractivity contribution >= 4 is 17.7 Å². The lowest BCUT2D eigenvalue weighted by Crippen LogP contribution is -2.28. The van der Waals surface area contributed by atoms with Gasteiger partial charge in [-0.15, -0.1) is 11.8 Å². The molecule has 0 aliphatic rings. The molecule has 2 nitrogen and oxygen atoms in total. The van der Waals surface area contributed by atoms with Crippen LogP contribution in [0.15, 0.2) is 24.3 Å². The van der Waals surface area contributed by atoms with Gasteiger partial charge in [0.05, 0.1) is 6.42 Å². The summed E-state index contributed by atoms with van der Waals surface area (Å²) in [5.41, 5.74) is 1.73. The van der Waals surface area contributed by atoms with E-state index in [2.05, 4.69) is 0 Å². The number of carboxylic acid groups (broad SMARTS) is 1. The van der Waals surface area contributed by atoms with Gasteiger partial charge in [-0.2, -0.15) is 13.2 Å². The molecule has 1 N–H and O–H groups in total. The number of alkyl halides is 3. The second-order valence-electron chi connectivity index (χ2n) is 3.93. The Kier molecular flexibility index (Phi) is 5.07. The third kappa shape index (κ3) is 5.00. The summed E-state index contributed by atoms with van der Waals surface area (Å²) in [5, 5.41) is 6.61. The molecule has 0 aliphatic heterocycles. The van der Waals surface area contributed by atoms with E-state index in [1.54, 1.807) is 18.2 Å². The van der Waals surface area contributed by atoms with Crippen molar-refractivity contribution in [3.8, 4) is 0 Å². The van der Waals surface area contributed by atoms with Crippen LogP contribution in [0.3, 0.4) is 0 Å². The number of thioether (sulfide) groups is 1. The Bertz CT molecular complexity index is 418. The smallest absolute Gasteiger partial charge is 0.401 e. The molecule has 0 amide bonds. The average Bonchev–Trinajstić information content (AvgIpc) is 2.22. The zero-order valence-electron chi connectivity index (χ0n) is 9.70. The summed E-state index contributed by atoms with van der Waals surface area (Å²) in [6.45, 7) is 1.85. The molecular formula is C12H13F3O2S. The largest absolute Gasteiger partial charge is 0.481 e. The van der Waals surface area contributed by atoms with Gasteiger partial charge in [-0.1, -0.05) is 29.8 Å². The van der Waals surface area contributed by atoms with Crippen molar-refractivity contribution in [2.45, 2.75) is 30.5 Å². The van der Waals surface area contributed by atoms with E-state index in [1.165, 1.54) is 0 Å². The molecule has 0 spiro atoms. The Hall–Kier alpha value is -1.17. The molecule has 1 atom stereocenters. The van der Waals surface area contributed by atoms with Gasteiger partial charge in [-0.05, 0) is 12.5 Å². The summed E-state index contributed by atoms with van der Waals surface area (Å²) in [6, 6.07) is 7.15. The SMILES string of the molecule is Cc1cccc(CSC(CC(=O)O)C(F)(F)F)c1. The first kappa shape index (κ1) is 14.9. The Morgan fingerprint density at radius 3 is 2.61 bits per heavy atom. The maximum Gasteiger partial charge on any atom is 0.401 e. The lowest BCUT2D eigenvalue weighted by atomic mass is 10.2. The van der Waals surface area contributed by atoms with Gasteiger partial charge in [0.25, 0.3) is 0 Å². The second kappa shape index (κ2) is 6.13. The second-order valence-corrected chi connectivity index (χ2v) is 5.12. The molecule has 0 aliphatic carbocycles. The van der Waals surface area contributed by atoms with E-state index in [0.717, 1.165) is 11.1 Å². The number of aryl methyl sites for hydroxylation is 1. The highest BCUT2D eigenvalue weighted by atomic mass is 32.2. The maximum atomic E-state index is 12.6. The summed E-state index contributed by atoms with van der Waals surface area (Å²) in [7, 11) is 0. The molecule has 0 bridgehead atoms. The van der Waals surface area contributed by atoms with E-state index in [1.807, 2.05) is 13.0 Å². The van der Waals surface area contributed by atoms with Gasteiger partial charge in [-0.3, -0.25) is 4.79 Å². The van der Waals surface area contributed by atoms with E-state index >= 15 is 0 Å². The molecule has 1 aromatic rings. The van der Waals surface area contributed by atoms with Crippen molar-refractivity contribution in [3.05, 3.63) is 35.4 Å². The molecule has 0 saturated heterocycles. The van der Waals surface area contributed by atoms with Crippen LogP contribution in [0, 0.1) is 6.92 Å². The highest BCUT2D eigenvalue weighted by molar-refractivity contribution is 7.99. The summed E-state index contributed by atoms with van der Waals surface area (Å²) < 4.78 is 37.7. The first-order valence-electron chi connectivity index (χ1n) is 5.24. The first-order chi connectivity index (χ1) is 8.29. The van der Waals surface area contributed by atoms with Crippen LogP contribution in [-0.2, 0) is 10.5 Å². The molecule has 0 radical (unpaired) electrons. The molecule has 100 valence electrons. The fourth-order valence-electron chi connectivity index (χ4n) is 1.43. The quantitative estimate of drug-likeness (QED) is 0.893. The summed E-state index contributed by atoms with van der Waals surface area (Å²) in [5.74, 6) is -1.28. The van der Waals surface area contributed by atoms with E-state index in [4.69, 9.17) is 5.11 Å². The third-order valence-corrected chi connectivity index (χ3v) is 3.60. The summed E-state index contributed by atoms with van der Waals surface area (Å²) >= 11 is 0.613. The van der Waals surface area contributed by atoms with Gasteiger partial charge in [0, 0.05) is 5.75 Å². The number of halogens is 3. The predicted octanol–water partition coefficient (Wildman–Crippen LogP) is 3.63. The van der Waals surface area contributed by atoms with Crippen molar-refractivity contribution in [2.75, 3.05) is 0 Å². The minimum atomic E-state index is -4.49. The first-order valence-corrected chi connectivity index (χ1v) is 6.29. The van der Waals surface area contributed by atoms with Crippen LogP contribution in [0.4, 0.5) is 13.2 Å². The number of rotatable bonds is 5. The van der Waals surface area contributed by atoms with Crippen LogP contribution in [0.1, 0.15) is 17.5 Å². The molecule has 0 aromatic heterocycles. The fourth-order valence-corrected chi connectivity index (χ4v) is 2.45. The van der Waals surface area contributed by atoms with Crippen LogP contribution in [0.25, 0.3) is 0 Å². The average molecular weight is 278 g/mol. The van der Waals surface area contributed by atoms with Crippen molar-refractivity contribution in [2.24, 2.45) is 0 Å². The molecule has 0 fully saturated rings. The molecule has 6 heteroatoms. The number of carbonyl (C=O) groups is 1. The molecular weight excluding hydrogens is 265 g/mol. The van der Waals surface area contributed by atoms with Crippen LogP contribution in [-0.4, -0.2) is 22.5 Å². The Labute approximate surface area is 107 Å². The monoisotopic (exact) mass is 278 g/mol. The summed E-state index contributed by atoms with van der Waals surface area (Å²) in [4.78, 5) is 10.4. The van der Waals surface area contributed by atoms with Gasteiger partial charge < -0.3 is 5.11 Å². The van der Waals surface area contributed by atoms with Crippen LogP contribution < -0.4 is 0 Å². The topological polar surface area (TPSA) is 37.3 Å². The molecule has 0 saturated carbocycles. The van der Waals surface area contributed by atoms with Crippen molar-refractivity contribution in [1.82, 2.24) is 0 Å². The number of carboxylic acids is 1. The minimum absolute atomic E-state index is 0.152. The predicted molar refractivity (Wildman–Crippen MR) is 64.6 cm³/mol. The number of hydrogen-bond donors (Lipinski definition) is 1. The fraction of sp³-hybridized carbons (Fsp3) is 0.417. The van der Waals surface area contributed by atoms with Crippen LogP contribution >= 0.6 is 11.8 Å². The van der Waals surface area contributed by atoms with Crippen molar-refractivity contribution < 1.29 is 23.1 Å². The standard InChI is InChI=1S/C12H13F3O2S/c1-8-3-2-4-9(5-8)7-18-10(6-11(16)17)12(13,14)15/h2-5,10H,6-7H2,1H3,(H,16,17). The number of benzene rings is 1. The zero-order chi connectivity index (χ0) is 13.8. The van der Waals surface area contributed by atoms with Gasteiger partial charge in [0.2, 0.25) is 0 Å². The Balaban J connectivity index is 2.65. The van der Waals surface area contributed by atoms with Gasteiger partial charge in [-0.25, -0.2) is 0 Å². The molecule has 1 aromatic carbocycles. The Morgan fingerprint density at radius 1 is 1.44 bits per heavy atom. The lowest BCUT2D eigenvalue weighted by molar-refractivity contribution is -0.149. The zero-order valence-corrected chi connectivity index (χ0v) is 10.5. The third-order valence-electron chi connectivity index (χ3n) is 2.26. The number of aliphatic carboxylic acids is 1. The van der Waals surface area contributed by atoms with Gasteiger partial charge >= 0.3 is 12.1 Å². The van der Waals surface area contributed by atoms with E-state index in [0.29, 0.717) is 11.8 Å². The van der Waals surface area contributed by atoms with E-state index in [9.17, 15) is 18.0 Å².